The molecule has 0 atom stereocenters. The topological polar surface area (TPSA) is 79.1 Å². The third-order valence-electron chi connectivity index (χ3n) is 2.94. The molecule has 0 spiro atoms. The lowest BCUT2D eigenvalue weighted by atomic mass is 10.1. The quantitative estimate of drug-likeness (QED) is 0.387. The highest BCUT2D eigenvalue weighted by atomic mass is 16.2. The van der Waals surface area contributed by atoms with Gasteiger partial charge >= 0.3 is 0 Å². The Labute approximate surface area is 127 Å². The maximum Gasteiger partial charge on any atom is 0.216 e. The maximum atomic E-state index is 12.2. The second-order valence-corrected chi connectivity index (χ2v) is 4.51. The van der Waals surface area contributed by atoms with Gasteiger partial charge in [0.1, 0.15) is 6.26 Å². The summed E-state index contributed by atoms with van der Waals surface area (Å²) in [6, 6.07) is 15.0. The first-order valence-corrected chi connectivity index (χ1v) is 6.58. The fourth-order valence-electron chi connectivity index (χ4n) is 1.74. The molecule has 0 heterocycles. The molecule has 0 aliphatic heterocycles. The van der Waals surface area contributed by atoms with Gasteiger partial charge in [-0.05, 0) is 19.1 Å². The van der Waals surface area contributed by atoms with E-state index in [4.69, 9.17) is 0 Å². The van der Waals surface area contributed by atoms with Crippen molar-refractivity contribution in [2.24, 2.45) is 10.2 Å². The molecule has 0 saturated heterocycles. The van der Waals surface area contributed by atoms with E-state index in [1.54, 1.807) is 36.4 Å². The predicted molar refractivity (Wildman–Crippen MR) is 82.4 cm³/mol. The van der Waals surface area contributed by atoms with Crippen molar-refractivity contribution >= 4 is 17.3 Å². The van der Waals surface area contributed by atoms with Crippen LogP contribution in [0.2, 0.25) is 0 Å². The molecule has 0 fully saturated rings. The van der Waals surface area contributed by atoms with Crippen molar-refractivity contribution < 1.29 is 14.7 Å². The Balaban J connectivity index is 2.19. The van der Waals surface area contributed by atoms with Crippen LogP contribution in [0.25, 0.3) is 0 Å². The van der Waals surface area contributed by atoms with Gasteiger partial charge in [0.15, 0.2) is 11.5 Å². The van der Waals surface area contributed by atoms with Crippen molar-refractivity contribution in [1.29, 1.82) is 0 Å². The van der Waals surface area contributed by atoms with E-state index >= 15 is 0 Å². The number of carbonyl (C=O) groups is 2. The summed E-state index contributed by atoms with van der Waals surface area (Å²) < 4.78 is 0. The molecular weight excluding hydrogens is 280 g/mol. The molecule has 110 valence electrons. The van der Waals surface area contributed by atoms with Crippen LogP contribution in [0.15, 0.2) is 76.8 Å². The Morgan fingerprint density at radius 2 is 1.55 bits per heavy atom. The zero-order valence-electron chi connectivity index (χ0n) is 11.9. The van der Waals surface area contributed by atoms with Crippen LogP contribution in [0.4, 0.5) is 5.69 Å². The van der Waals surface area contributed by atoms with Gasteiger partial charge in [-0.3, -0.25) is 9.59 Å². The van der Waals surface area contributed by atoms with Crippen LogP contribution in [-0.4, -0.2) is 16.7 Å². The Morgan fingerprint density at radius 1 is 0.955 bits per heavy atom. The van der Waals surface area contributed by atoms with Crippen molar-refractivity contribution in [3.8, 4) is 0 Å². The first kappa shape index (κ1) is 15.3. The van der Waals surface area contributed by atoms with Crippen molar-refractivity contribution in [2.75, 3.05) is 0 Å². The number of azo groups is 1. The van der Waals surface area contributed by atoms with Crippen LogP contribution < -0.4 is 0 Å². The molecule has 2 aromatic rings. The Morgan fingerprint density at radius 3 is 2.09 bits per heavy atom. The monoisotopic (exact) mass is 294 g/mol. The summed E-state index contributed by atoms with van der Waals surface area (Å²) in [5.41, 5.74) is 1.22. The summed E-state index contributed by atoms with van der Waals surface area (Å²) >= 11 is 0. The van der Waals surface area contributed by atoms with Crippen molar-refractivity contribution in [3.05, 3.63) is 77.7 Å². The fourth-order valence-corrected chi connectivity index (χ4v) is 1.74. The molecule has 0 saturated carbocycles. The number of ketones is 2. The lowest BCUT2D eigenvalue weighted by molar-refractivity contribution is 0.101. The van der Waals surface area contributed by atoms with E-state index in [0.717, 1.165) is 0 Å². The van der Waals surface area contributed by atoms with Gasteiger partial charge in [-0.25, -0.2) is 0 Å². The number of benzene rings is 2. The molecular formula is C17H14N2O3. The first-order valence-electron chi connectivity index (χ1n) is 6.58. The van der Waals surface area contributed by atoms with E-state index in [2.05, 4.69) is 10.2 Å². The van der Waals surface area contributed by atoms with Gasteiger partial charge in [0.05, 0.1) is 5.69 Å². The van der Waals surface area contributed by atoms with E-state index in [9.17, 15) is 14.7 Å². The number of aliphatic hydroxyl groups is 1. The van der Waals surface area contributed by atoms with Crippen LogP contribution in [0.3, 0.4) is 0 Å². The molecule has 2 aromatic carbocycles. The molecule has 0 aromatic heterocycles. The van der Waals surface area contributed by atoms with Crippen molar-refractivity contribution in [2.45, 2.75) is 6.92 Å². The number of nitrogens with zero attached hydrogens (tertiary/aromatic N) is 2. The molecule has 1 N–H and O–H groups in total. The Kier molecular flexibility index (Phi) is 4.93. The second kappa shape index (κ2) is 7.08. The minimum absolute atomic E-state index is 0.0827. The van der Waals surface area contributed by atoms with Gasteiger partial charge < -0.3 is 5.11 Å². The van der Waals surface area contributed by atoms with Gasteiger partial charge in [0.2, 0.25) is 5.78 Å². The smallest absolute Gasteiger partial charge is 0.216 e. The second-order valence-electron chi connectivity index (χ2n) is 4.51. The minimum Gasteiger partial charge on any atom is -0.513 e. The normalized spacial score (nSPS) is 11.6. The number of hydrogen-bond acceptors (Lipinski definition) is 5. The number of Topliss-reactive ketones (excluding diaryl/α,β-unsaturated/α-hetero) is 2. The highest BCUT2D eigenvalue weighted by molar-refractivity contribution is 6.08. The average molecular weight is 294 g/mol. The van der Waals surface area contributed by atoms with E-state index in [1.165, 1.54) is 19.1 Å². The van der Waals surface area contributed by atoms with Gasteiger partial charge in [-0.1, -0.05) is 42.5 Å². The summed E-state index contributed by atoms with van der Waals surface area (Å²) in [7, 11) is 0. The average Bonchev–Trinajstić information content (AvgIpc) is 2.56. The summed E-state index contributed by atoms with van der Waals surface area (Å²) in [6.45, 7) is 1.45. The van der Waals surface area contributed by atoms with Gasteiger partial charge in [-0.15, -0.1) is 5.11 Å². The molecule has 5 heteroatoms. The standard InChI is InChI=1S/C17H14N2O3/c1-12(21)13-7-9-14(10-8-13)17(22)16(11-20)19-18-15-5-3-2-4-6-15/h2-11,20H,1H3/b16-11-,19-18?. The number of carbonyl (C=O) groups excluding carboxylic acids is 2. The summed E-state index contributed by atoms with van der Waals surface area (Å²) in [5, 5.41) is 16.8. The van der Waals surface area contributed by atoms with Gasteiger partial charge in [-0.2, -0.15) is 5.11 Å². The van der Waals surface area contributed by atoms with Crippen LogP contribution in [0.5, 0.6) is 0 Å². The minimum atomic E-state index is -0.475. The highest BCUT2D eigenvalue weighted by Gasteiger charge is 2.13. The van der Waals surface area contributed by atoms with Crippen LogP contribution in [0.1, 0.15) is 27.6 Å². The molecule has 2 rings (SSSR count). The summed E-state index contributed by atoms with van der Waals surface area (Å²) in [6.07, 6.45) is 0.619. The van der Waals surface area contributed by atoms with Crippen molar-refractivity contribution in [1.82, 2.24) is 0 Å². The molecule has 0 bridgehead atoms. The lowest BCUT2D eigenvalue weighted by Gasteiger charge is -2.01. The molecule has 0 unspecified atom stereocenters. The number of allylic oxidation sites excluding steroid dienone is 1. The van der Waals surface area contributed by atoms with Crippen molar-refractivity contribution in [3.63, 3.8) is 0 Å². The summed E-state index contributed by atoms with van der Waals surface area (Å²) in [5.74, 6) is -0.557. The molecule has 0 radical (unpaired) electrons. The lowest BCUT2D eigenvalue weighted by Crippen LogP contribution is -2.02. The first-order chi connectivity index (χ1) is 10.6. The fraction of sp³-hybridized carbons (Fsp3) is 0.0588. The number of aliphatic hydroxyl groups excluding tert-OH is 1. The largest absolute Gasteiger partial charge is 0.513 e. The van der Waals surface area contributed by atoms with Crippen LogP contribution in [-0.2, 0) is 0 Å². The highest BCUT2D eigenvalue weighted by Crippen LogP contribution is 2.16. The van der Waals surface area contributed by atoms with Crippen LogP contribution >= 0.6 is 0 Å². The number of rotatable bonds is 5. The summed E-state index contributed by atoms with van der Waals surface area (Å²) in [4.78, 5) is 23.4. The Hall–Kier alpha value is -3.08. The third-order valence-corrected chi connectivity index (χ3v) is 2.94. The molecule has 22 heavy (non-hydrogen) atoms. The maximum absolute atomic E-state index is 12.2. The SMILES string of the molecule is CC(=O)c1ccc(C(=O)/C(=C/O)N=Nc2ccccc2)cc1. The zero-order valence-corrected chi connectivity index (χ0v) is 11.9. The predicted octanol–water partition coefficient (Wildman–Crippen LogP) is 4.26. The van der Waals surface area contributed by atoms with Crippen LogP contribution in [0, 0.1) is 0 Å². The van der Waals surface area contributed by atoms with Gasteiger partial charge in [0.25, 0.3) is 0 Å². The zero-order chi connectivity index (χ0) is 15.9. The molecule has 0 amide bonds. The van der Waals surface area contributed by atoms with E-state index < -0.39 is 5.78 Å². The van der Waals surface area contributed by atoms with E-state index in [1.807, 2.05) is 6.07 Å². The molecule has 0 aliphatic carbocycles. The molecule has 5 nitrogen and oxygen atoms in total. The molecule has 0 aliphatic rings. The Bertz CT molecular complexity index is 732. The number of hydrogen-bond donors (Lipinski definition) is 1. The van der Waals surface area contributed by atoms with E-state index in [-0.39, 0.29) is 11.5 Å². The third kappa shape index (κ3) is 3.73. The van der Waals surface area contributed by atoms with E-state index in [0.29, 0.717) is 23.1 Å². The van der Waals surface area contributed by atoms with Gasteiger partial charge in [0, 0.05) is 11.1 Å².